The molecule has 118 valence electrons. The van der Waals surface area contributed by atoms with Crippen molar-refractivity contribution in [2.75, 3.05) is 0 Å². The third-order valence-electron chi connectivity index (χ3n) is 6.50. The molecule has 2 heteroatoms. The lowest BCUT2D eigenvalue weighted by atomic mass is 9.58. The van der Waals surface area contributed by atoms with Crippen LogP contribution in [0.25, 0.3) is 10.8 Å². The number of benzene rings is 2. The molecule has 0 aromatic heterocycles. The van der Waals surface area contributed by atoms with E-state index >= 15 is 0 Å². The smallest absolute Gasteiger partial charge is 0.170 e. The minimum absolute atomic E-state index is 0.218. The Bertz CT molecular complexity index is 770. The van der Waals surface area contributed by atoms with Crippen molar-refractivity contribution in [2.24, 2.45) is 11.8 Å². The van der Waals surface area contributed by atoms with Crippen molar-refractivity contribution in [1.29, 1.82) is 0 Å². The van der Waals surface area contributed by atoms with Gasteiger partial charge in [-0.25, -0.2) is 0 Å². The van der Waals surface area contributed by atoms with E-state index in [9.17, 15) is 4.79 Å². The molecule has 1 spiro atoms. The van der Waals surface area contributed by atoms with E-state index < -0.39 is 0 Å². The van der Waals surface area contributed by atoms with E-state index in [0.717, 1.165) is 22.1 Å². The number of hydrogen-bond donors (Lipinski definition) is 0. The number of hydrogen-bond acceptors (Lipinski definition) is 2. The van der Waals surface area contributed by atoms with Crippen molar-refractivity contribution in [3.8, 4) is 5.75 Å². The fourth-order valence-corrected chi connectivity index (χ4v) is 5.42. The first-order valence-corrected chi connectivity index (χ1v) is 9.02. The highest BCUT2D eigenvalue weighted by Gasteiger charge is 2.55. The molecular formula is C21H22O2. The zero-order chi connectivity index (χ0) is 15.4. The van der Waals surface area contributed by atoms with Gasteiger partial charge in [-0.3, -0.25) is 4.79 Å². The van der Waals surface area contributed by atoms with Gasteiger partial charge in [0.2, 0.25) is 0 Å². The zero-order valence-electron chi connectivity index (χ0n) is 13.4. The summed E-state index contributed by atoms with van der Waals surface area (Å²) in [5, 5.41) is 2.26. The van der Waals surface area contributed by atoms with Gasteiger partial charge >= 0.3 is 0 Å². The molecule has 23 heavy (non-hydrogen) atoms. The van der Waals surface area contributed by atoms with E-state index in [1.54, 1.807) is 0 Å². The molecular weight excluding hydrogens is 284 g/mol. The van der Waals surface area contributed by atoms with Crippen LogP contribution in [0.2, 0.25) is 0 Å². The van der Waals surface area contributed by atoms with Crippen LogP contribution in [0.15, 0.2) is 36.4 Å². The minimum Gasteiger partial charge on any atom is -0.485 e. The summed E-state index contributed by atoms with van der Waals surface area (Å²) in [6, 6.07) is 12.3. The molecule has 2 fully saturated rings. The average molecular weight is 306 g/mol. The van der Waals surface area contributed by atoms with Crippen LogP contribution in [-0.4, -0.2) is 11.4 Å². The molecule has 0 amide bonds. The van der Waals surface area contributed by atoms with Crippen molar-refractivity contribution in [3.63, 3.8) is 0 Å². The largest absolute Gasteiger partial charge is 0.485 e. The molecule has 1 aliphatic heterocycles. The summed E-state index contributed by atoms with van der Waals surface area (Å²) in [5.74, 6) is 2.27. The lowest BCUT2D eigenvalue weighted by Gasteiger charge is -2.54. The van der Waals surface area contributed by atoms with Gasteiger partial charge < -0.3 is 4.74 Å². The summed E-state index contributed by atoms with van der Waals surface area (Å²) in [6.07, 6.45) is 8.10. The third-order valence-corrected chi connectivity index (χ3v) is 6.50. The maximum absolute atomic E-state index is 13.0. The Morgan fingerprint density at radius 1 is 0.913 bits per heavy atom. The van der Waals surface area contributed by atoms with Crippen LogP contribution in [-0.2, 0) is 0 Å². The van der Waals surface area contributed by atoms with Crippen LogP contribution in [0, 0.1) is 11.8 Å². The van der Waals surface area contributed by atoms with Gasteiger partial charge in [0.05, 0.1) is 12.0 Å². The second kappa shape index (κ2) is 4.83. The Labute approximate surface area is 136 Å². The Balaban J connectivity index is 1.70. The van der Waals surface area contributed by atoms with Gasteiger partial charge in [-0.05, 0) is 49.0 Å². The van der Waals surface area contributed by atoms with Gasteiger partial charge in [-0.1, -0.05) is 43.2 Å². The molecule has 2 bridgehead atoms. The first kappa shape index (κ1) is 13.6. The minimum atomic E-state index is -0.218. The molecule has 2 aromatic carbocycles. The summed E-state index contributed by atoms with van der Waals surface area (Å²) in [6.45, 7) is 0. The van der Waals surface area contributed by atoms with Gasteiger partial charge in [-0.15, -0.1) is 0 Å². The first-order chi connectivity index (χ1) is 11.3. The predicted octanol–water partition coefficient (Wildman–Crippen LogP) is 5.14. The lowest BCUT2D eigenvalue weighted by Crippen LogP contribution is -2.57. The fourth-order valence-electron chi connectivity index (χ4n) is 5.42. The number of Topliss-reactive ketones (excluding diaryl/α,β-unsaturated/α-hetero) is 1. The normalized spacial score (nSPS) is 32.6. The maximum atomic E-state index is 13.0. The zero-order valence-corrected chi connectivity index (χ0v) is 13.4. The average Bonchev–Trinajstić information content (AvgIpc) is 2.54. The number of carbonyl (C=O) groups excluding carboxylic acids is 1. The summed E-state index contributed by atoms with van der Waals surface area (Å²) in [4.78, 5) is 13.0. The molecule has 2 aromatic rings. The van der Waals surface area contributed by atoms with Crippen molar-refractivity contribution < 1.29 is 9.53 Å². The van der Waals surface area contributed by atoms with Gasteiger partial charge in [0.25, 0.3) is 0 Å². The number of ether oxygens (including phenoxy) is 1. The summed E-state index contributed by atoms with van der Waals surface area (Å²) in [7, 11) is 0. The van der Waals surface area contributed by atoms with Gasteiger partial charge in [0, 0.05) is 5.39 Å². The molecule has 0 radical (unpaired) electrons. The molecule has 2 saturated carbocycles. The monoisotopic (exact) mass is 306 g/mol. The molecule has 0 saturated heterocycles. The quantitative estimate of drug-likeness (QED) is 0.673. The highest BCUT2D eigenvalue weighted by molar-refractivity contribution is 6.06. The van der Waals surface area contributed by atoms with E-state index in [1.165, 1.54) is 38.5 Å². The number of carbonyl (C=O) groups is 1. The highest BCUT2D eigenvalue weighted by Crippen LogP contribution is 2.54. The molecule has 0 N–H and O–H groups in total. The molecule has 0 atom stereocenters. The topological polar surface area (TPSA) is 26.3 Å². The van der Waals surface area contributed by atoms with Crippen molar-refractivity contribution >= 4 is 16.6 Å². The fraction of sp³-hybridized carbons (Fsp3) is 0.476. The first-order valence-electron chi connectivity index (χ1n) is 9.02. The Morgan fingerprint density at radius 2 is 1.61 bits per heavy atom. The van der Waals surface area contributed by atoms with Crippen LogP contribution in [0.3, 0.4) is 0 Å². The maximum Gasteiger partial charge on any atom is 0.170 e. The summed E-state index contributed by atoms with van der Waals surface area (Å²) < 4.78 is 6.79. The number of ketones is 1. The van der Waals surface area contributed by atoms with E-state index in [2.05, 4.69) is 18.2 Å². The summed E-state index contributed by atoms with van der Waals surface area (Å²) in [5.41, 5.74) is 0.572. The van der Waals surface area contributed by atoms with Gasteiger partial charge in [0.1, 0.15) is 11.4 Å². The van der Waals surface area contributed by atoms with Crippen LogP contribution >= 0.6 is 0 Å². The third kappa shape index (κ3) is 1.84. The molecule has 5 rings (SSSR count). The SMILES string of the molecule is O=C1CC2(Oc3c1ccc1ccccc31)C1CCCC2CCC1. The lowest BCUT2D eigenvalue weighted by molar-refractivity contribution is -0.100. The number of fused-ring (bicyclic) bond motifs is 3. The molecule has 0 unspecified atom stereocenters. The Kier molecular flexibility index (Phi) is 2.86. The molecule has 2 aliphatic carbocycles. The molecule has 1 heterocycles. The van der Waals surface area contributed by atoms with E-state index in [0.29, 0.717) is 18.3 Å². The van der Waals surface area contributed by atoms with E-state index in [1.807, 2.05) is 18.2 Å². The van der Waals surface area contributed by atoms with Gasteiger partial charge in [-0.2, -0.15) is 0 Å². The van der Waals surface area contributed by atoms with E-state index in [4.69, 9.17) is 4.74 Å². The van der Waals surface area contributed by atoms with Crippen molar-refractivity contribution in [3.05, 3.63) is 42.0 Å². The molecule has 2 nitrogen and oxygen atoms in total. The summed E-state index contributed by atoms with van der Waals surface area (Å²) >= 11 is 0. The highest BCUT2D eigenvalue weighted by atomic mass is 16.5. The Hall–Kier alpha value is -1.83. The van der Waals surface area contributed by atoms with Crippen LogP contribution in [0.5, 0.6) is 5.75 Å². The Morgan fingerprint density at radius 3 is 2.35 bits per heavy atom. The van der Waals surface area contributed by atoms with Crippen molar-refractivity contribution in [2.45, 2.75) is 50.5 Å². The second-order valence-corrected chi connectivity index (χ2v) is 7.58. The van der Waals surface area contributed by atoms with Crippen LogP contribution < -0.4 is 4.74 Å². The predicted molar refractivity (Wildman–Crippen MR) is 90.9 cm³/mol. The second-order valence-electron chi connectivity index (χ2n) is 7.58. The number of rotatable bonds is 0. The molecule has 3 aliphatic rings. The van der Waals surface area contributed by atoms with Crippen molar-refractivity contribution in [1.82, 2.24) is 0 Å². The van der Waals surface area contributed by atoms with E-state index in [-0.39, 0.29) is 11.4 Å². The van der Waals surface area contributed by atoms with Crippen LogP contribution in [0.1, 0.15) is 55.3 Å². The standard InChI is InChI=1S/C21H22O2/c22-19-13-21(15-6-3-7-16(21)9-4-8-15)23-20-17-10-2-1-5-14(17)11-12-18(19)20/h1-2,5,10-12,15-16H,3-4,6-9,13H2. The van der Waals surface area contributed by atoms with Gasteiger partial charge in [0.15, 0.2) is 5.78 Å². The van der Waals surface area contributed by atoms with Crippen LogP contribution in [0.4, 0.5) is 0 Å².